The molecule has 0 saturated carbocycles. The smallest absolute Gasteiger partial charge is 0.410 e. The Hall–Kier alpha value is -2.02. The number of carbonyl (C=O) groups excluding carboxylic acids is 1. The van der Waals surface area contributed by atoms with Gasteiger partial charge >= 0.3 is 6.09 Å². The zero-order valence-electron chi connectivity index (χ0n) is 23.4. The first-order valence-electron chi connectivity index (χ1n) is 13.3. The Morgan fingerprint density at radius 2 is 1.50 bits per heavy atom. The van der Waals surface area contributed by atoms with Gasteiger partial charge in [0.25, 0.3) is 0 Å². The quantitative estimate of drug-likeness (QED) is 0.251. The molecule has 2 aromatic carbocycles. The van der Waals surface area contributed by atoms with E-state index in [1.807, 2.05) is 32.6 Å². The number of ether oxygens (including phenoxy) is 1. The lowest BCUT2D eigenvalue weighted by Crippen LogP contribution is -2.44. The van der Waals surface area contributed by atoms with Crippen LogP contribution in [0.2, 0.25) is 0 Å². The average molecular weight is 514 g/mol. The van der Waals surface area contributed by atoms with E-state index >= 15 is 0 Å². The van der Waals surface area contributed by atoms with E-state index in [1.54, 1.807) is 11.9 Å². The van der Waals surface area contributed by atoms with Gasteiger partial charge in [0.05, 0.1) is 0 Å². The lowest BCUT2D eigenvalue weighted by molar-refractivity contribution is 0.0152. The van der Waals surface area contributed by atoms with E-state index in [9.17, 15) is 4.79 Å². The largest absolute Gasteiger partial charge is 0.444 e. The summed E-state index contributed by atoms with van der Waals surface area (Å²) in [4.78, 5) is 18.3. The fourth-order valence-corrected chi connectivity index (χ4v) is 5.29. The fraction of sp³-hybridized carbons (Fsp3) is 0.567. The molecular weight excluding hydrogens is 466 g/mol. The number of likely N-dealkylation sites (N-methyl/N-ethyl adjacent to an activating group) is 1. The van der Waals surface area contributed by atoms with Gasteiger partial charge in [0.15, 0.2) is 0 Å². The molecule has 0 heterocycles. The highest BCUT2D eigenvalue weighted by Gasteiger charge is 2.26. The summed E-state index contributed by atoms with van der Waals surface area (Å²) in [5, 5.41) is 0. The molecule has 2 atom stereocenters. The summed E-state index contributed by atoms with van der Waals surface area (Å²) in [5.74, 6) is 0.450. The van der Waals surface area contributed by atoms with Gasteiger partial charge in [-0.3, -0.25) is 0 Å². The summed E-state index contributed by atoms with van der Waals surface area (Å²) in [7, 11) is 4.38. The van der Waals surface area contributed by atoms with Crippen LogP contribution in [0.25, 0.3) is 0 Å². The number of hydrogen-bond acceptors (Lipinski definition) is 5. The number of amides is 1. The average Bonchev–Trinajstić information content (AvgIpc) is 2.84. The highest BCUT2D eigenvalue weighted by Crippen LogP contribution is 2.27. The maximum atomic E-state index is 12.7. The van der Waals surface area contributed by atoms with Gasteiger partial charge in [-0.05, 0) is 110 Å². The zero-order chi connectivity index (χ0) is 26.6. The summed E-state index contributed by atoms with van der Waals surface area (Å²) in [5.41, 5.74) is 0.915. The first-order valence-corrected chi connectivity index (χ1v) is 14.1. The van der Waals surface area contributed by atoms with Gasteiger partial charge < -0.3 is 14.5 Å². The van der Waals surface area contributed by atoms with Crippen LogP contribution in [0.15, 0.2) is 65.6 Å². The molecule has 0 saturated heterocycles. The third kappa shape index (κ3) is 10.9. The first kappa shape index (κ1) is 30.2. The van der Waals surface area contributed by atoms with Gasteiger partial charge in [-0.1, -0.05) is 55.5 Å². The standard InChI is InChI=1S/C30H47N3O2S/c1-8-27(33(9-2)29(34)35-30(3,4)5)21-23-31(6)22-20-26(25-16-12-10-13-17-25)24-32(7)36-28-18-14-11-15-19-28/h10-19,26-27H,8-9,20-24H2,1-7H3. The van der Waals surface area contributed by atoms with Gasteiger partial charge in [-0.25, -0.2) is 9.10 Å². The van der Waals surface area contributed by atoms with Crippen LogP contribution < -0.4 is 0 Å². The van der Waals surface area contributed by atoms with Crippen LogP contribution in [0.3, 0.4) is 0 Å². The highest BCUT2D eigenvalue weighted by atomic mass is 32.2. The first-order chi connectivity index (χ1) is 17.1. The number of benzene rings is 2. The lowest BCUT2D eigenvalue weighted by Gasteiger charge is -2.33. The molecular formula is C30H47N3O2S. The second-order valence-corrected chi connectivity index (χ2v) is 11.8. The molecule has 1 amide bonds. The molecule has 0 aliphatic rings. The fourth-order valence-electron chi connectivity index (χ4n) is 4.39. The molecule has 5 nitrogen and oxygen atoms in total. The molecule has 0 aromatic heterocycles. The van der Waals surface area contributed by atoms with Crippen molar-refractivity contribution in [3.63, 3.8) is 0 Å². The van der Waals surface area contributed by atoms with Crippen molar-refractivity contribution in [1.82, 2.24) is 14.1 Å². The summed E-state index contributed by atoms with van der Waals surface area (Å²) >= 11 is 1.80. The molecule has 0 N–H and O–H groups in total. The number of carbonyl (C=O) groups is 1. The molecule has 0 aliphatic heterocycles. The predicted molar refractivity (Wildman–Crippen MR) is 154 cm³/mol. The van der Waals surface area contributed by atoms with Gasteiger partial charge in [0.1, 0.15) is 5.60 Å². The predicted octanol–water partition coefficient (Wildman–Crippen LogP) is 7.16. The maximum Gasteiger partial charge on any atom is 0.410 e. The van der Waals surface area contributed by atoms with Crippen LogP contribution in [0, 0.1) is 0 Å². The van der Waals surface area contributed by atoms with Crippen molar-refractivity contribution in [2.45, 2.75) is 76.3 Å². The van der Waals surface area contributed by atoms with Crippen LogP contribution in [0.5, 0.6) is 0 Å². The van der Waals surface area contributed by atoms with Crippen molar-refractivity contribution in [3.8, 4) is 0 Å². The van der Waals surface area contributed by atoms with E-state index < -0.39 is 5.60 Å². The molecule has 0 fully saturated rings. The third-order valence-electron chi connectivity index (χ3n) is 6.34. The van der Waals surface area contributed by atoms with E-state index in [4.69, 9.17) is 4.74 Å². The van der Waals surface area contributed by atoms with Crippen molar-refractivity contribution in [2.75, 3.05) is 40.3 Å². The Morgan fingerprint density at radius 1 is 0.917 bits per heavy atom. The SMILES string of the molecule is CCC(CCN(C)CCC(CN(C)Sc1ccccc1)c1ccccc1)N(CC)C(=O)OC(C)(C)C. The Bertz CT molecular complexity index is 873. The summed E-state index contributed by atoms with van der Waals surface area (Å²) < 4.78 is 8.00. The van der Waals surface area contributed by atoms with Crippen LogP contribution in [0.4, 0.5) is 4.79 Å². The second-order valence-electron chi connectivity index (χ2n) is 10.5. The molecule has 0 bridgehead atoms. The normalized spacial score (nSPS) is 13.6. The van der Waals surface area contributed by atoms with Crippen molar-refractivity contribution >= 4 is 18.0 Å². The summed E-state index contributed by atoms with van der Waals surface area (Å²) in [6.07, 6.45) is 2.75. The topological polar surface area (TPSA) is 36.0 Å². The van der Waals surface area contributed by atoms with Crippen molar-refractivity contribution in [1.29, 1.82) is 0 Å². The zero-order valence-corrected chi connectivity index (χ0v) is 24.3. The Kier molecular flexibility index (Phi) is 12.8. The summed E-state index contributed by atoms with van der Waals surface area (Å²) in [6, 6.07) is 21.6. The minimum absolute atomic E-state index is 0.186. The molecule has 200 valence electrons. The number of hydrogen-bond donors (Lipinski definition) is 0. The highest BCUT2D eigenvalue weighted by molar-refractivity contribution is 7.97. The molecule has 0 spiro atoms. The van der Waals surface area contributed by atoms with Gasteiger partial charge in [0.2, 0.25) is 0 Å². The number of nitrogens with zero attached hydrogens (tertiary/aromatic N) is 3. The van der Waals surface area contributed by atoms with E-state index in [1.165, 1.54) is 10.5 Å². The Balaban J connectivity index is 1.93. The van der Waals surface area contributed by atoms with E-state index in [0.717, 1.165) is 38.9 Å². The van der Waals surface area contributed by atoms with Crippen molar-refractivity contribution in [3.05, 3.63) is 66.2 Å². The number of rotatable bonds is 14. The molecule has 2 unspecified atom stereocenters. The molecule has 2 aromatic rings. The molecule has 6 heteroatoms. The second kappa shape index (κ2) is 15.3. The van der Waals surface area contributed by atoms with Crippen LogP contribution in [0.1, 0.15) is 65.4 Å². The lowest BCUT2D eigenvalue weighted by atomic mass is 9.95. The van der Waals surface area contributed by atoms with Crippen LogP contribution in [-0.2, 0) is 4.74 Å². The maximum absolute atomic E-state index is 12.7. The molecule has 0 radical (unpaired) electrons. The summed E-state index contributed by atoms with van der Waals surface area (Å²) in [6.45, 7) is 13.6. The minimum Gasteiger partial charge on any atom is -0.444 e. The third-order valence-corrected chi connectivity index (χ3v) is 7.28. The Morgan fingerprint density at radius 3 is 2.06 bits per heavy atom. The monoisotopic (exact) mass is 513 g/mol. The van der Waals surface area contributed by atoms with E-state index in [0.29, 0.717) is 12.5 Å². The van der Waals surface area contributed by atoms with E-state index in [-0.39, 0.29) is 12.1 Å². The van der Waals surface area contributed by atoms with Crippen molar-refractivity contribution in [2.24, 2.45) is 0 Å². The minimum atomic E-state index is -0.474. The van der Waals surface area contributed by atoms with Gasteiger partial charge in [-0.15, -0.1) is 0 Å². The van der Waals surface area contributed by atoms with Crippen molar-refractivity contribution < 1.29 is 9.53 Å². The molecule has 0 aliphatic carbocycles. The Labute approximate surface area is 224 Å². The molecule has 2 rings (SSSR count). The van der Waals surface area contributed by atoms with Crippen LogP contribution in [-0.4, -0.2) is 72.1 Å². The van der Waals surface area contributed by atoms with Gasteiger partial charge in [-0.2, -0.15) is 0 Å². The van der Waals surface area contributed by atoms with E-state index in [2.05, 4.69) is 90.9 Å². The van der Waals surface area contributed by atoms with Crippen LogP contribution >= 0.6 is 11.9 Å². The molecule has 36 heavy (non-hydrogen) atoms. The van der Waals surface area contributed by atoms with Gasteiger partial charge in [0, 0.05) is 24.0 Å².